The van der Waals surface area contributed by atoms with Crippen LogP contribution in [0.25, 0.3) is 0 Å². The highest BCUT2D eigenvalue weighted by Crippen LogP contribution is 2.40. The second-order valence-corrected chi connectivity index (χ2v) is 6.21. The number of fused-ring (bicyclic) bond motifs is 1. The number of carboxylic acid groups (broad SMARTS) is 1. The highest BCUT2D eigenvalue weighted by Gasteiger charge is 2.48. The molecule has 1 aliphatic heterocycles. The predicted octanol–water partition coefficient (Wildman–Crippen LogP) is 1.59. The predicted molar refractivity (Wildman–Crippen MR) is 75.9 cm³/mol. The molecule has 0 spiro atoms. The fraction of sp³-hybridized carbons (Fsp3) is 0.667. The van der Waals surface area contributed by atoms with E-state index in [-0.39, 0.29) is 11.9 Å². The van der Waals surface area contributed by atoms with E-state index in [9.17, 15) is 14.7 Å². The van der Waals surface area contributed by atoms with Gasteiger partial charge in [0.2, 0.25) is 0 Å². The minimum atomic E-state index is -0.898. The normalized spacial score (nSPS) is 28.5. The molecule has 2 heterocycles. The van der Waals surface area contributed by atoms with E-state index in [0.717, 1.165) is 31.4 Å². The summed E-state index contributed by atoms with van der Waals surface area (Å²) < 4.78 is 1.65. The molecule has 6 heteroatoms. The fourth-order valence-corrected chi connectivity index (χ4v) is 3.77. The van der Waals surface area contributed by atoms with Crippen LogP contribution in [-0.4, -0.2) is 43.7 Å². The molecule has 0 aromatic carbocycles. The summed E-state index contributed by atoms with van der Waals surface area (Å²) in [6.07, 6.45) is 4.72. The second-order valence-electron chi connectivity index (χ2n) is 6.21. The summed E-state index contributed by atoms with van der Waals surface area (Å²) in [4.78, 5) is 25.9. The van der Waals surface area contributed by atoms with Crippen molar-refractivity contribution in [1.29, 1.82) is 0 Å². The van der Waals surface area contributed by atoms with E-state index < -0.39 is 12.0 Å². The van der Waals surface area contributed by atoms with Crippen molar-refractivity contribution in [1.82, 2.24) is 14.7 Å². The Bertz CT molecular complexity index is 561. The highest BCUT2D eigenvalue weighted by atomic mass is 16.4. The van der Waals surface area contributed by atoms with Crippen molar-refractivity contribution in [2.45, 2.75) is 51.1 Å². The number of amides is 1. The monoisotopic (exact) mass is 291 g/mol. The van der Waals surface area contributed by atoms with E-state index in [4.69, 9.17) is 0 Å². The molecule has 1 amide bonds. The van der Waals surface area contributed by atoms with Crippen molar-refractivity contribution < 1.29 is 14.7 Å². The zero-order valence-corrected chi connectivity index (χ0v) is 12.5. The van der Waals surface area contributed by atoms with Gasteiger partial charge in [-0.15, -0.1) is 0 Å². The molecule has 0 bridgehead atoms. The van der Waals surface area contributed by atoms with Crippen LogP contribution in [0.2, 0.25) is 0 Å². The summed E-state index contributed by atoms with van der Waals surface area (Å²) in [5.41, 5.74) is 1.25. The van der Waals surface area contributed by atoms with Crippen molar-refractivity contribution in [2.24, 2.45) is 13.0 Å². The number of aliphatic carboxylic acids is 1. The van der Waals surface area contributed by atoms with Crippen LogP contribution in [0.3, 0.4) is 0 Å². The van der Waals surface area contributed by atoms with Crippen molar-refractivity contribution in [3.63, 3.8) is 0 Å². The Kier molecular flexibility index (Phi) is 3.47. The van der Waals surface area contributed by atoms with Crippen molar-refractivity contribution in [3.8, 4) is 0 Å². The van der Waals surface area contributed by atoms with Crippen LogP contribution >= 0.6 is 0 Å². The van der Waals surface area contributed by atoms with Gasteiger partial charge in [-0.05, 0) is 38.2 Å². The SMILES string of the molecule is Cc1cc(C(=O)N2C(C(=O)O)CC3CCCCC32)nn1C. The lowest BCUT2D eigenvalue weighted by Crippen LogP contribution is -2.46. The van der Waals surface area contributed by atoms with Crippen LogP contribution in [0.15, 0.2) is 6.07 Å². The zero-order chi connectivity index (χ0) is 15.1. The van der Waals surface area contributed by atoms with Gasteiger partial charge in [-0.1, -0.05) is 12.8 Å². The third-order valence-corrected chi connectivity index (χ3v) is 4.94. The minimum Gasteiger partial charge on any atom is -0.480 e. The molecule has 1 aromatic heterocycles. The molecule has 21 heavy (non-hydrogen) atoms. The van der Waals surface area contributed by atoms with Gasteiger partial charge < -0.3 is 10.0 Å². The van der Waals surface area contributed by atoms with Gasteiger partial charge in [0.1, 0.15) is 6.04 Å². The van der Waals surface area contributed by atoms with Gasteiger partial charge in [-0.25, -0.2) is 4.79 Å². The van der Waals surface area contributed by atoms with E-state index in [1.807, 2.05) is 6.92 Å². The summed E-state index contributed by atoms with van der Waals surface area (Å²) in [7, 11) is 1.79. The summed E-state index contributed by atoms with van der Waals surface area (Å²) in [5, 5.41) is 13.7. The number of likely N-dealkylation sites (tertiary alicyclic amines) is 1. The Morgan fingerprint density at radius 2 is 2.05 bits per heavy atom. The number of nitrogens with zero attached hydrogens (tertiary/aromatic N) is 3. The molecule has 2 fully saturated rings. The molecule has 114 valence electrons. The smallest absolute Gasteiger partial charge is 0.326 e. The Labute approximate surface area is 123 Å². The van der Waals surface area contributed by atoms with Crippen LogP contribution in [0, 0.1) is 12.8 Å². The third-order valence-electron chi connectivity index (χ3n) is 4.94. The van der Waals surface area contributed by atoms with E-state index in [1.54, 1.807) is 22.7 Å². The maximum absolute atomic E-state index is 12.8. The maximum atomic E-state index is 12.8. The largest absolute Gasteiger partial charge is 0.480 e. The number of aromatic nitrogens is 2. The van der Waals surface area contributed by atoms with Gasteiger partial charge in [0, 0.05) is 18.8 Å². The van der Waals surface area contributed by atoms with E-state index in [0.29, 0.717) is 18.0 Å². The average Bonchev–Trinajstić information content (AvgIpc) is 2.99. The van der Waals surface area contributed by atoms with Crippen molar-refractivity contribution in [3.05, 3.63) is 17.5 Å². The number of aryl methyl sites for hydroxylation is 2. The van der Waals surface area contributed by atoms with Crippen LogP contribution in [0.4, 0.5) is 0 Å². The zero-order valence-electron chi connectivity index (χ0n) is 12.5. The minimum absolute atomic E-state index is 0.0645. The van der Waals surface area contributed by atoms with E-state index in [2.05, 4.69) is 5.10 Å². The van der Waals surface area contributed by atoms with Crippen molar-refractivity contribution in [2.75, 3.05) is 0 Å². The average molecular weight is 291 g/mol. The second kappa shape index (κ2) is 5.16. The molecular weight excluding hydrogens is 270 g/mol. The number of carboxylic acids is 1. The van der Waals surface area contributed by atoms with Gasteiger partial charge in [0.05, 0.1) is 0 Å². The van der Waals surface area contributed by atoms with E-state index >= 15 is 0 Å². The first-order valence-corrected chi connectivity index (χ1v) is 7.55. The van der Waals surface area contributed by atoms with E-state index in [1.165, 1.54) is 0 Å². The molecule has 1 saturated heterocycles. The Morgan fingerprint density at radius 3 is 2.67 bits per heavy atom. The van der Waals surface area contributed by atoms with Crippen LogP contribution in [0.5, 0.6) is 0 Å². The Morgan fingerprint density at radius 1 is 1.33 bits per heavy atom. The summed E-state index contributed by atoms with van der Waals surface area (Å²) in [5.74, 6) is -0.806. The molecular formula is C15H21N3O3. The number of rotatable bonds is 2. The van der Waals surface area contributed by atoms with Gasteiger partial charge in [0.25, 0.3) is 5.91 Å². The number of carbonyl (C=O) groups excluding carboxylic acids is 1. The lowest BCUT2D eigenvalue weighted by atomic mass is 9.84. The van der Waals surface area contributed by atoms with Crippen LogP contribution in [0.1, 0.15) is 48.3 Å². The lowest BCUT2D eigenvalue weighted by molar-refractivity contribution is -0.141. The highest BCUT2D eigenvalue weighted by molar-refractivity contribution is 5.95. The molecule has 0 radical (unpaired) electrons. The molecule has 1 aromatic rings. The molecule has 1 aliphatic carbocycles. The molecule has 1 N–H and O–H groups in total. The summed E-state index contributed by atoms with van der Waals surface area (Å²) in [6, 6.07) is 1.10. The lowest BCUT2D eigenvalue weighted by Gasteiger charge is -2.32. The third kappa shape index (κ3) is 2.32. The molecule has 3 atom stereocenters. The van der Waals surface area contributed by atoms with Gasteiger partial charge in [-0.3, -0.25) is 9.48 Å². The molecule has 3 unspecified atom stereocenters. The fourth-order valence-electron chi connectivity index (χ4n) is 3.77. The van der Waals surface area contributed by atoms with Crippen LogP contribution in [-0.2, 0) is 11.8 Å². The number of carbonyl (C=O) groups is 2. The maximum Gasteiger partial charge on any atom is 0.326 e. The quantitative estimate of drug-likeness (QED) is 0.897. The van der Waals surface area contributed by atoms with Gasteiger partial charge in [0.15, 0.2) is 5.69 Å². The van der Waals surface area contributed by atoms with Crippen molar-refractivity contribution >= 4 is 11.9 Å². The molecule has 6 nitrogen and oxygen atoms in total. The summed E-state index contributed by atoms with van der Waals surface area (Å²) in [6.45, 7) is 1.88. The first-order valence-electron chi connectivity index (χ1n) is 7.55. The Balaban J connectivity index is 1.92. The standard InChI is InChI=1S/C15H21N3O3/c1-9-7-11(16-17(9)2)14(19)18-12-6-4-3-5-10(12)8-13(18)15(20)21/h7,10,12-13H,3-6,8H2,1-2H3,(H,20,21). The first kappa shape index (κ1) is 14.1. The number of hydrogen-bond acceptors (Lipinski definition) is 3. The van der Waals surface area contributed by atoms with Gasteiger partial charge >= 0.3 is 5.97 Å². The Hall–Kier alpha value is -1.85. The number of hydrogen-bond donors (Lipinski definition) is 1. The topological polar surface area (TPSA) is 75.4 Å². The van der Waals surface area contributed by atoms with Gasteiger partial charge in [-0.2, -0.15) is 5.10 Å². The molecule has 1 saturated carbocycles. The van der Waals surface area contributed by atoms with Crippen LogP contribution < -0.4 is 0 Å². The molecule has 3 rings (SSSR count). The summed E-state index contributed by atoms with van der Waals surface area (Å²) >= 11 is 0. The molecule has 2 aliphatic rings. The first-order chi connectivity index (χ1) is 9.99.